The van der Waals surface area contributed by atoms with Crippen LogP contribution in [-0.2, 0) is 25.6 Å². The SMILES string of the molecule is O=C1NCC[C@H]1C[C@H](NC(=O)[C@@H]1CCCN1C(=O)COc1ccc(Cl)cc1Cl)[C@](O)(S)C(=O)NCCc1ccccc1. The second kappa shape index (κ2) is 14.5. The molecule has 0 aliphatic carbocycles. The number of hydrogen-bond acceptors (Lipinski definition) is 7. The van der Waals surface area contributed by atoms with Crippen molar-refractivity contribution in [1.29, 1.82) is 0 Å². The Morgan fingerprint density at radius 2 is 1.93 bits per heavy atom. The maximum absolute atomic E-state index is 13.5. The first-order valence-electron chi connectivity index (χ1n) is 13.8. The molecule has 4 atom stereocenters. The standard InChI is InChI=1S/C29H34Cl2N4O6S/c30-20-8-9-23(21(31)16-20)41-17-25(36)35-14-4-7-22(35)27(38)34-24(15-19-11-13-32-26(19)37)29(40,42)28(39)33-12-10-18-5-2-1-3-6-18/h1-3,5-6,8-9,16,19,22,24,40,42H,4,7,10-15,17H2,(H,32,37)(H,33,39)(H,34,38)/t19-,22-,24-,29-/m0/s1. The summed E-state index contributed by atoms with van der Waals surface area (Å²) < 4.78 is 5.57. The number of nitrogens with one attached hydrogen (secondary N) is 3. The zero-order valence-corrected chi connectivity index (χ0v) is 25.3. The summed E-state index contributed by atoms with van der Waals surface area (Å²) in [6.45, 7) is 0.673. The van der Waals surface area contributed by atoms with Gasteiger partial charge in [-0.25, -0.2) is 0 Å². The summed E-state index contributed by atoms with van der Waals surface area (Å²) in [6.07, 6.45) is 1.96. The molecule has 0 aromatic heterocycles. The summed E-state index contributed by atoms with van der Waals surface area (Å²) in [5, 5.41) is 20.1. The van der Waals surface area contributed by atoms with Gasteiger partial charge in [0.05, 0.1) is 11.1 Å². The van der Waals surface area contributed by atoms with Crippen LogP contribution in [0.25, 0.3) is 0 Å². The molecule has 2 aromatic carbocycles. The van der Waals surface area contributed by atoms with Gasteiger partial charge in [0.2, 0.25) is 16.7 Å². The number of halogens is 2. The fourth-order valence-corrected chi connectivity index (χ4v) is 5.86. The summed E-state index contributed by atoms with van der Waals surface area (Å²) in [7, 11) is 0. The van der Waals surface area contributed by atoms with Crippen LogP contribution in [0.4, 0.5) is 0 Å². The number of amides is 4. The van der Waals surface area contributed by atoms with E-state index in [-0.39, 0.29) is 36.3 Å². The number of rotatable bonds is 12. The highest BCUT2D eigenvalue weighted by atomic mass is 35.5. The number of thiol groups is 1. The minimum absolute atomic E-state index is 0.0114. The van der Waals surface area contributed by atoms with Gasteiger partial charge >= 0.3 is 0 Å². The summed E-state index contributed by atoms with van der Waals surface area (Å²) in [5.41, 5.74) is 1.00. The Kier molecular flexibility index (Phi) is 11.0. The van der Waals surface area contributed by atoms with Gasteiger partial charge in [-0.15, -0.1) is 12.6 Å². The number of likely N-dealkylation sites (tertiary alicyclic amines) is 1. The van der Waals surface area contributed by atoms with E-state index < -0.39 is 40.7 Å². The maximum atomic E-state index is 13.5. The number of carbonyl (C=O) groups is 4. The molecule has 0 bridgehead atoms. The number of carbonyl (C=O) groups excluding carboxylic acids is 4. The first kappa shape index (κ1) is 31.9. The lowest BCUT2D eigenvalue weighted by atomic mass is 9.93. The molecule has 2 saturated heterocycles. The first-order chi connectivity index (χ1) is 20.1. The first-order valence-corrected chi connectivity index (χ1v) is 15.0. The van der Waals surface area contributed by atoms with Crippen molar-refractivity contribution in [1.82, 2.24) is 20.9 Å². The van der Waals surface area contributed by atoms with Crippen LogP contribution in [0, 0.1) is 5.92 Å². The third-order valence-electron chi connectivity index (χ3n) is 7.48. The minimum atomic E-state index is -2.32. The quantitative estimate of drug-likeness (QED) is 0.179. The smallest absolute Gasteiger partial charge is 0.264 e. The van der Waals surface area contributed by atoms with Gasteiger partial charge in [0.25, 0.3) is 11.8 Å². The van der Waals surface area contributed by atoms with E-state index >= 15 is 0 Å². The van der Waals surface area contributed by atoms with Gasteiger partial charge in [-0.2, -0.15) is 0 Å². The molecule has 10 nitrogen and oxygen atoms in total. The van der Waals surface area contributed by atoms with Gasteiger partial charge in [-0.3, -0.25) is 19.2 Å². The molecule has 2 heterocycles. The number of ether oxygens (including phenoxy) is 1. The van der Waals surface area contributed by atoms with E-state index in [0.717, 1.165) is 5.56 Å². The highest BCUT2D eigenvalue weighted by Crippen LogP contribution is 2.29. The molecule has 4 rings (SSSR count). The van der Waals surface area contributed by atoms with Crippen LogP contribution in [0.15, 0.2) is 48.5 Å². The van der Waals surface area contributed by atoms with Gasteiger partial charge in [0.1, 0.15) is 11.8 Å². The lowest BCUT2D eigenvalue weighted by Gasteiger charge is -2.34. The zero-order chi connectivity index (χ0) is 30.3. The number of nitrogens with zero attached hydrogens (tertiary/aromatic N) is 1. The Morgan fingerprint density at radius 3 is 2.62 bits per heavy atom. The van der Waals surface area contributed by atoms with Crippen LogP contribution in [0.1, 0.15) is 31.2 Å². The Morgan fingerprint density at radius 1 is 1.17 bits per heavy atom. The summed E-state index contributed by atoms with van der Waals surface area (Å²) in [4.78, 5) is 51.0. The predicted molar refractivity (Wildman–Crippen MR) is 161 cm³/mol. The topological polar surface area (TPSA) is 137 Å². The highest BCUT2D eigenvalue weighted by molar-refractivity contribution is 7.82. The van der Waals surface area contributed by atoms with E-state index in [1.54, 1.807) is 12.1 Å². The van der Waals surface area contributed by atoms with Gasteiger partial charge in [0, 0.05) is 30.6 Å². The molecule has 2 fully saturated rings. The molecule has 0 radical (unpaired) electrons. The number of benzene rings is 2. The zero-order valence-electron chi connectivity index (χ0n) is 22.9. The van der Waals surface area contributed by atoms with Crippen LogP contribution < -0.4 is 20.7 Å². The normalized spacial score (nSPS) is 20.4. The van der Waals surface area contributed by atoms with Crippen LogP contribution in [0.3, 0.4) is 0 Å². The van der Waals surface area contributed by atoms with Crippen molar-refractivity contribution < 1.29 is 29.0 Å². The molecule has 2 aliphatic heterocycles. The number of aliphatic hydroxyl groups is 1. The second-order valence-corrected chi connectivity index (χ2v) is 11.9. The van der Waals surface area contributed by atoms with Crippen molar-refractivity contribution in [3.05, 3.63) is 64.1 Å². The van der Waals surface area contributed by atoms with Gasteiger partial charge in [-0.1, -0.05) is 53.5 Å². The van der Waals surface area contributed by atoms with Gasteiger partial charge in [-0.05, 0) is 55.9 Å². The molecule has 2 aliphatic rings. The predicted octanol–water partition coefficient (Wildman–Crippen LogP) is 2.35. The van der Waals surface area contributed by atoms with Crippen molar-refractivity contribution in [3.63, 3.8) is 0 Å². The Hall–Kier alpha value is -2.99. The molecule has 226 valence electrons. The Balaban J connectivity index is 1.41. The average Bonchev–Trinajstić information content (AvgIpc) is 3.62. The third-order valence-corrected chi connectivity index (χ3v) is 8.53. The van der Waals surface area contributed by atoms with Crippen molar-refractivity contribution in [2.45, 2.75) is 49.1 Å². The molecular weight excluding hydrogens is 603 g/mol. The molecule has 0 saturated carbocycles. The largest absolute Gasteiger partial charge is 0.482 e. The van der Waals surface area contributed by atoms with E-state index in [9.17, 15) is 24.3 Å². The lowest BCUT2D eigenvalue weighted by Crippen LogP contribution is -2.61. The van der Waals surface area contributed by atoms with E-state index in [0.29, 0.717) is 43.8 Å². The van der Waals surface area contributed by atoms with Gasteiger partial charge < -0.3 is 30.7 Å². The average molecular weight is 638 g/mol. The maximum Gasteiger partial charge on any atom is 0.264 e. The number of hydrogen-bond donors (Lipinski definition) is 5. The Bertz CT molecular complexity index is 1300. The minimum Gasteiger partial charge on any atom is -0.482 e. The van der Waals surface area contributed by atoms with Gasteiger partial charge in [0.15, 0.2) is 6.61 Å². The molecule has 0 spiro atoms. The molecule has 0 unspecified atom stereocenters. The molecule has 42 heavy (non-hydrogen) atoms. The van der Waals surface area contributed by atoms with Crippen LogP contribution in [0.2, 0.25) is 10.0 Å². The third kappa shape index (κ3) is 8.09. The lowest BCUT2D eigenvalue weighted by molar-refractivity contribution is -0.142. The van der Waals surface area contributed by atoms with E-state index in [1.165, 1.54) is 11.0 Å². The summed E-state index contributed by atoms with van der Waals surface area (Å²) in [6, 6.07) is 12.1. The summed E-state index contributed by atoms with van der Waals surface area (Å²) in [5.74, 6) is -2.24. The molecule has 2 aromatic rings. The Labute approximate surface area is 259 Å². The van der Waals surface area contributed by atoms with Crippen LogP contribution in [-0.4, -0.2) is 76.9 Å². The van der Waals surface area contributed by atoms with E-state index in [4.69, 9.17) is 27.9 Å². The van der Waals surface area contributed by atoms with Crippen molar-refractivity contribution in [2.75, 3.05) is 26.2 Å². The van der Waals surface area contributed by atoms with E-state index in [2.05, 4.69) is 28.6 Å². The molecular formula is C29H34Cl2N4O6S. The summed E-state index contributed by atoms with van der Waals surface area (Å²) >= 11 is 16.3. The van der Waals surface area contributed by atoms with Crippen molar-refractivity contribution >= 4 is 59.5 Å². The van der Waals surface area contributed by atoms with E-state index in [1.807, 2.05) is 30.3 Å². The van der Waals surface area contributed by atoms with Crippen molar-refractivity contribution in [2.24, 2.45) is 5.92 Å². The fraction of sp³-hybridized carbons (Fsp3) is 0.448. The van der Waals surface area contributed by atoms with Crippen LogP contribution in [0.5, 0.6) is 5.75 Å². The second-order valence-electron chi connectivity index (χ2n) is 10.4. The van der Waals surface area contributed by atoms with Crippen LogP contribution >= 0.6 is 35.8 Å². The molecule has 4 amide bonds. The fourth-order valence-electron chi connectivity index (χ4n) is 5.15. The highest BCUT2D eigenvalue weighted by Gasteiger charge is 2.46. The molecule has 4 N–H and O–H groups in total. The monoisotopic (exact) mass is 636 g/mol. The van der Waals surface area contributed by atoms with Crippen molar-refractivity contribution in [3.8, 4) is 5.75 Å². The molecule has 13 heteroatoms.